The molecule has 126 valence electrons. The molecule has 0 aliphatic rings. The minimum Gasteiger partial charge on any atom is -0.505 e. The fourth-order valence-electron chi connectivity index (χ4n) is 1.87. The number of nitrogens with one attached hydrogen (secondary N) is 2. The molecule has 0 atom stereocenters. The van der Waals surface area contributed by atoms with Gasteiger partial charge in [-0.05, 0) is 24.3 Å². The summed E-state index contributed by atoms with van der Waals surface area (Å²) >= 11 is 3.29. The van der Waals surface area contributed by atoms with Crippen molar-refractivity contribution < 1.29 is 14.7 Å². The Bertz CT molecular complexity index is 817. The van der Waals surface area contributed by atoms with Crippen LogP contribution in [0.25, 0.3) is 5.69 Å². The van der Waals surface area contributed by atoms with Gasteiger partial charge in [0.15, 0.2) is 11.4 Å². The highest BCUT2D eigenvalue weighted by Crippen LogP contribution is 2.15. The summed E-state index contributed by atoms with van der Waals surface area (Å²) in [6.07, 6.45) is 0. The number of hydrogen-bond acceptors (Lipinski definition) is 5. The Labute approximate surface area is 145 Å². The molecule has 8 nitrogen and oxygen atoms in total. The number of aromatic nitrogens is 2. The third kappa shape index (κ3) is 4.42. The molecule has 1 aromatic carbocycles. The maximum atomic E-state index is 12.1. The lowest BCUT2D eigenvalue weighted by molar-refractivity contribution is -0.118. The molecule has 0 aliphatic carbocycles. The van der Waals surface area contributed by atoms with Crippen LogP contribution in [0, 0.1) is 0 Å². The average Bonchev–Trinajstić information content (AvgIpc) is 2.52. The van der Waals surface area contributed by atoms with E-state index in [1.165, 1.54) is 6.92 Å². The number of amides is 2. The van der Waals surface area contributed by atoms with Crippen LogP contribution in [0.15, 0.2) is 39.6 Å². The summed E-state index contributed by atoms with van der Waals surface area (Å²) in [5.74, 6) is -1.37. The van der Waals surface area contributed by atoms with Gasteiger partial charge in [0.05, 0.1) is 5.69 Å². The standard InChI is InChI=1S/C15H15BrN4O4/c1-9(21)17-6-7-18-15(24)14-12(22)8-13(23)20(19-14)11-4-2-10(16)3-5-11/h2-5,8,22H,6-7H2,1H3,(H,17,21)(H,18,24). The van der Waals surface area contributed by atoms with Crippen molar-refractivity contribution in [1.82, 2.24) is 20.4 Å². The molecular formula is C15H15BrN4O4. The molecule has 2 amide bonds. The first-order valence-electron chi connectivity index (χ1n) is 7.00. The summed E-state index contributed by atoms with van der Waals surface area (Å²) < 4.78 is 1.85. The number of hydrogen-bond donors (Lipinski definition) is 3. The van der Waals surface area contributed by atoms with E-state index >= 15 is 0 Å². The fourth-order valence-corrected chi connectivity index (χ4v) is 2.14. The van der Waals surface area contributed by atoms with Gasteiger partial charge < -0.3 is 15.7 Å². The van der Waals surface area contributed by atoms with Gasteiger partial charge >= 0.3 is 0 Å². The van der Waals surface area contributed by atoms with E-state index in [2.05, 4.69) is 31.7 Å². The number of rotatable bonds is 5. The van der Waals surface area contributed by atoms with Crippen LogP contribution >= 0.6 is 15.9 Å². The SMILES string of the molecule is CC(=O)NCCNC(=O)c1nn(-c2ccc(Br)cc2)c(=O)cc1O. The lowest BCUT2D eigenvalue weighted by atomic mass is 10.3. The molecule has 0 radical (unpaired) electrons. The summed E-state index contributed by atoms with van der Waals surface area (Å²) in [6, 6.07) is 7.67. The van der Waals surface area contributed by atoms with Crippen LogP contribution in [0.5, 0.6) is 5.75 Å². The van der Waals surface area contributed by atoms with E-state index < -0.39 is 17.2 Å². The molecule has 0 fully saturated rings. The first-order chi connectivity index (χ1) is 11.4. The molecule has 2 rings (SSSR count). The van der Waals surface area contributed by atoms with Crippen molar-refractivity contribution in [2.75, 3.05) is 13.1 Å². The Hall–Kier alpha value is -2.68. The van der Waals surface area contributed by atoms with E-state index in [-0.39, 0.29) is 24.7 Å². The predicted octanol–water partition coefficient (Wildman–Crippen LogP) is 0.566. The van der Waals surface area contributed by atoms with E-state index in [4.69, 9.17) is 0 Å². The Balaban J connectivity index is 2.23. The quantitative estimate of drug-likeness (QED) is 0.641. The van der Waals surface area contributed by atoms with E-state index in [0.29, 0.717) is 5.69 Å². The molecule has 24 heavy (non-hydrogen) atoms. The highest BCUT2D eigenvalue weighted by Gasteiger charge is 2.16. The summed E-state index contributed by atoms with van der Waals surface area (Å²) in [5, 5.41) is 18.8. The van der Waals surface area contributed by atoms with Crippen LogP contribution < -0.4 is 16.2 Å². The van der Waals surface area contributed by atoms with E-state index in [1.807, 2.05) is 0 Å². The fraction of sp³-hybridized carbons (Fsp3) is 0.200. The van der Waals surface area contributed by atoms with E-state index in [1.54, 1.807) is 24.3 Å². The molecule has 1 aromatic heterocycles. The van der Waals surface area contributed by atoms with Crippen LogP contribution in [0.4, 0.5) is 0 Å². The molecule has 3 N–H and O–H groups in total. The van der Waals surface area contributed by atoms with Crippen molar-refractivity contribution in [1.29, 1.82) is 0 Å². The molecule has 0 unspecified atom stereocenters. The van der Waals surface area contributed by atoms with Crippen molar-refractivity contribution in [3.8, 4) is 11.4 Å². The van der Waals surface area contributed by atoms with Gasteiger partial charge in [0.25, 0.3) is 11.5 Å². The third-order valence-corrected chi connectivity index (χ3v) is 3.51. The van der Waals surface area contributed by atoms with Gasteiger partial charge in [-0.2, -0.15) is 9.78 Å². The smallest absolute Gasteiger partial charge is 0.275 e. The molecule has 0 saturated carbocycles. The third-order valence-electron chi connectivity index (χ3n) is 2.98. The molecule has 0 bridgehead atoms. The monoisotopic (exact) mass is 394 g/mol. The lowest BCUT2D eigenvalue weighted by Crippen LogP contribution is -2.35. The number of halogens is 1. The molecule has 2 aromatic rings. The molecule has 9 heteroatoms. The van der Waals surface area contributed by atoms with Gasteiger partial charge in [0, 0.05) is 30.6 Å². The van der Waals surface area contributed by atoms with Gasteiger partial charge in [-0.25, -0.2) is 0 Å². The zero-order valence-corrected chi connectivity index (χ0v) is 14.3. The number of carbonyl (C=O) groups is 2. The number of nitrogens with zero attached hydrogens (tertiary/aromatic N) is 2. The second-order valence-electron chi connectivity index (χ2n) is 4.84. The second kappa shape index (κ2) is 7.73. The number of carbonyl (C=O) groups excluding carboxylic acids is 2. The van der Waals surface area contributed by atoms with Crippen LogP contribution in [0.3, 0.4) is 0 Å². The Kier molecular flexibility index (Phi) is 5.69. The first-order valence-corrected chi connectivity index (χ1v) is 7.79. The predicted molar refractivity (Wildman–Crippen MR) is 90.2 cm³/mol. The van der Waals surface area contributed by atoms with Gasteiger partial charge in [-0.15, -0.1) is 0 Å². The Morgan fingerprint density at radius 2 is 1.83 bits per heavy atom. The van der Waals surface area contributed by atoms with Gasteiger partial charge in [-0.3, -0.25) is 14.4 Å². The largest absolute Gasteiger partial charge is 0.505 e. The second-order valence-corrected chi connectivity index (χ2v) is 5.76. The molecule has 0 aliphatic heterocycles. The topological polar surface area (TPSA) is 113 Å². The normalized spacial score (nSPS) is 10.2. The van der Waals surface area contributed by atoms with Crippen molar-refractivity contribution >= 4 is 27.7 Å². The van der Waals surface area contributed by atoms with E-state index in [0.717, 1.165) is 15.2 Å². The Morgan fingerprint density at radius 3 is 2.46 bits per heavy atom. The van der Waals surface area contributed by atoms with Gasteiger partial charge in [-0.1, -0.05) is 15.9 Å². The van der Waals surface area contributed by atoms with Crippen LogP contribution in [0.1, 0.15) is 17.4 Å². The zero-order valence-electron chi connectivity index (χ0n) is 12.7. The maximum Gasteiger partial charge on any atom is 0.275 e. The van der Waals surface area contributed by atoms with Crippen LogP contribution in [0.2, 0.25) is 0 Å². The molecule has 1 heterocycles. The van der Waals surface area contributed by atoms with Crippen LogP contribution in [-0.2, 0) is 4.79 Å². The molecular weight excluding hydrogens is 380 g/mol. The summed E-state index contributed by atoms with van der Waals surface area (Å²) in [7, 11) is 0. The van der Waals surface area contributed by atoms with Crippen LogP contribution in [-0.4, -0.2) is 39.8 Å². The molecule has 0 saturated heterocycles. The minimum atomic E-state index is -0.649. The summed E-state index contributed by atoms with van der Waals surface area (Å²) in [5.41, 5.74) is -0.388. The summed E-state index contributed by atoms with van der Waals surface area (Å²) in [4.78, 5) is 34.8. The highest BCUT2D eigenvalue weighted by atomic mass is 79.9. The zero-order chi connectivity index (χ0) is 17.7. The Morgan fingerprint density at radius 1 is 1.21 bits per heavy atom. The lowest BCUT2D eigenvalue weighted by Gasteiger charge is -2.09. The van der Waals surface area contributed by atoms with Crippen molar-refractivity contribution in [2.24, 2.45) is 0 Å². The number of benzene rings is 1. The maximum absolute atomic E-state index is 12.1. The first kappa shape index (κ1) is 17.7. The van der Waals surface area contributed by atoms with Crippen molar-refractivity contribution in [2.45, 2.75) is 6.92 Å². The van der Waals surface area contributed by atoms with Crippen molar-refractivity contribution in [3.05, 3.63) is 50.9 Å². The summed E-state index contributed by atoms with van der Waals surface area (Å²) in [6.45, 7) is 1.77. The van der Waals surface area contributed by atoms with E-state index in [9.17, 15) is 19.5 Å². The van der Waals surface area contributed by atoms with Gasteiger partial charge in [0.2, 0.25) is 5.91 Å². The highest BCUT2D eigenvalue weighted by molar-refractivity contribution is 9.10. The van der Waals surface area contributed by atoms with Gasteiger partial charge in [0.1, 0.15) is 0 Å². The van der Waals surface area contributed by atoms with Crippen molar-refractivity contribution in [3.63, 3.8) is 0 Å². The molecule has 0 spiro atoms. The number of aromatic hydroxyl groups is 1. The average molecular weight is 395 g/mol. The minimum absolute atomic E-state index is 0.164.